The first-order valence-electron chi connectivity index (χ1n) is 5.41. The molecule has 15 heavy (non-hydrogen) atoms. The molecule has 0 aromatic heterocycles. The monoisotopic (exact) mass is 217 g/mol. The van der Waals surface area contributed by atoms with Gasteiger partial charge in [0.25, 0.3) is 0 Å². The Morgan fingerprint density at radius 2 is 2.00 bits per heavy atom. The maximum atomic E-state index is 11.2. The molecule has 0 aliphatic heterocycles. The van der Waals surface area contributed by atoms with Gasteiger partial charge in [-0.15, -0.1) is 0 Å². The minimum Gasteiger partial charge on any atom is -0.466 e. The molecule has 0 aromatic rings. The van der Waals surface area contributed by atoms with Crippen molar-refractivity contribution in [3.63, 3.8) is 0 Å². The van der Waals surface area contributed by atoms with Gasteiger partial charge in [0.2, 0.25) is 0 Å². The molecule has 0 aromatic carbocycles. The van der Waals surface area contributed by atoms with Crippen molar-refractivity contribution in [3.05, 3.63) is 0 Å². The molecule has 0 heterocycles. The van der Waals surface area contributed by atoms with E-state index in [0.29, 0.717) is 13.0 Å². The van der Waals surface area contributed by atoms with Gasteiger partial charge >= 0.3 is 5.97 Å². The Balaban J connectivity index is 4.03. The molecule has 90 valence electrons. The molecule has 2 atom stereocenters. The van der Waals surface area contributed by atoms with Crippen LogP contribution < -0.4 is 5.32 Å². The van der Waals surface area contributed by atoms with Gasteiger partial charge in [0.1, 0.15) is 0 Å². The van der Waals surface area contributed by atoms with Gasteiger partial charge in [0.05, 0.1) is 19.1 Å². The van der Waals surface area contributed by atoms with Crippen LogP contribution in [0.4, 0.5) is 0 Å². The molecule has 2 unspecified atom stereocenters. The SMILES string of the molecule is CCOC(=O)CC(C)NC(C)(C)C(C)O. The van der Waals surface area contributed by atoms with Gasteiger partial charge in [-0.25, -0.2) is 0 Å². The molecule has 0 aliphatic rings. The van der Waals surface area contributed by atoms with E-state index in [-0.39, 0.29) is 12.0 Å². The van der Waals surface area contributed by atoms with Crippen LogP contribution in [0.5, 0.6) is 0 Å². The molecule has 0 spiro atoms. The summed E-state index contributed by atoms with van der Waals surface area (Å²) in [5, 5.41) is 12.7. The van der Waals surface area contributed by atoms with Gasteiger partial charge in [0.15, 0.2) is 0 Å². The van der Waals surface area contributed by atoms with Crippen LogP contribution in [0, 0.1) is 0 Å². The van der Waals surface area contributed by atoms with Crippen LogP contribution >= 0.6 is 0 Å². The minimum absolute atomic E-state index is 0.00588. The second-order valence-corrected chi connectivity index (χ2v) is 4.45. The lowest BCUT2D eigenvalue weighted by molar-refractivity contribution is -0.143. The largest absolute Gasteiger partial charge is 0.466 e. The fourth-order valence-electron chi connectivity index (χ4n) is 1.28. The third-order valence-electron chi connectivity index (χ3n) is 2.44. The van der Waals surface area contributed by atoms with E-state index in [1.54, 1.807) is 13.8 Å². The Kier molecular flexibility index (Phi) is 5.83. The number of hydrogen-bond donors (Lipinski definition) is 2. The first-order valence-corrected chi connectivity index (χ1v) is 5.41. The second kappa shape index (κ2) is 6.08. The molecule has 0 radical (unpaired) electrons. The molecule has 2 N–H and O–H groups in total. The topological polar surface area (TPSA) is 58.6 Å². The first-order chi connectivity index (χ1) is 6.79. The minimum atomic E-state index is -0.470. The summed E-state index contributed by atoms with van der Waals surface area (Å²) in [5.41, 5.74) is -0.397. The summed E-state index contributed by atoms with van der Waals surface area (Å²) in [6.45, 7) is 9.63. The lowest BCUT2D eigenvalue weighted by Gasteiger charge is -2.32. The van der Waals surface area contributed by atoms with Gasteiger partial charge < -0.3 is 15.2 Å². The van der Waals surface area contributed by atoms with E-state index in [4.69, 9.17) is 4.74 Å². The molecule has 0 bridgehead atoms. The van der Waals surface area contributed by atoms with E-state index < -0.39 is 11.6 Å². The van der Waals surface area contributed by atoms with Crippen molar-refractivity contribution in [2.45, 2.75) is 58.7 Å². The highest BCUT2D eigenvalue weighted by atomic mass is 16.5. The van der Waals surface area contributed by atoms with Crippen LogP contribution in [0.15, 0.2) is 0 Å². The Bertz CT molecular complexity index is 202. The van der Waals surface area contributed by atoms with E-state index >= 15 is 0 Å². The highest BCUT2D eigenvalue weighted by Gasteiger charge is 2.26. The Labute approximate surface area is 92.0 Å². The van der Waals surface area contributed by atoms with Crippen molar-refractivity contribution >= 4 is 5.97 Å². The molecular weight excluding hydrogens is 194 g/mol. The second-order valence-electron chi connectivity index (χ2n) is 4.45. The summed E-state index contributed by atoms with van der Waals surface area (Å²) in [4.78, 5) is 11.2. The summed E-state index contributed by atoms with van der Waals surface area (Å²) >= 11 is 0. The lowest BCUT2D eigenvalue weighted by atomic mass is 9.97. The van der Waals surface area contributed by atoms with Crippen molar-refractivity contribution < 1.29 is 14.6 Å². The number of ether oxygens (including phenoxy) is 1. The number of aliphatic hydroxyl groups excluding tert-OH is 1. The smallest absolute Gasteiger partial charge is 0.307 e. The maximum absolute atomic E-state index is 11.2. The fraction of sp³-hybridized carbons (Fsp3) is 0.909. The van der Waals surface area contributed by atoms with Crippen LogP contribution in [-0.2, 0) is 9.53 Å². The quantitative estimate of drug-likeness (QED) is 0.654. The number of nitrogens with one attached hydrogen (secondary N) is 1. The van der Waals surface area contributed by atoms with Crippen molar-refractivity contribution in [3.8, 4) is 0 Å². The van der Waals surface area contributed by atoms with Crippen molar-refractivity contribution in [2.24, 2.45) is 0 Å². The number of esters is 1. The van der Waals surface area contributed by atoms with Crippen LogP contribution in [0.1, 0.15) is 41.0 Å². The van der Waals surface area contributed by atoms with Crippen molar-refractivity contribution in [1.29, 1.82) is 0 Å². The predicted octanol–water partition coefficient (Wildman–Crippen LogP) is 1.08. The maximum Gasteiger partial charge on any atom is 0.307 e. The highest BCUT2D eigenvalue weighted by molar-refractivity contribution is 5.70. The van der Waals surface area contributed by atoms with E-state index in [1.807, 2.05) is 20.8 Å². The van der Waals surface area contributed by atoms with E-state index in [0.717, 1.165) is 0 Å². The molecule has 0 fully saturated rings. The number of carbonyl (C=O) groups excluding carboxylic acids is 1. The van der Waals surface area contributed by atoms with Gasteiger partial charge in [-0.3, -0.25) is 4.79 Å². The molecular formula is C11H23NO3. The fourth-order valence-corrected chi connectivity index (χ4v) is 1.28. The van der Waals surface area contributed by atoms with E-state index in [9.17, 15) is 9.90 Å². The van der Waals surface area contributed by atoms with Crippen LogP contribution in [0.25, 0.3) is 0 Å². The molecule has 0 saturated heterocycles. The standard InChI is InChI=1S/C11H23NO3/c1-6-15-10(14)7-8(2)12-11(4,5)9(3)13/h8-9,12-13H,6-7H2,1-5H3. The van der Waals surface area contributed by atoms with Crippen LogP contribution in [0.3, 0.4) is 0 Å². The lowest BCUT2D eigenvalue weighted by Crippen LogP contribution is -2.52. The number of rotatable bonds is 6. The van der Waals surface area contributed by atoms with Gasteiger partial charge in [-0.05, 0) is 34.6 Å². The van der Waals surface area contributed by atoms with Crippen LogP contribution in [0.2, 0.25) is 0 Å². The van der Waals surface area contributed by atoms with Gasteiger partial charge in [-0.1, -0.05) is 0 Å². The van der Waals surface area contributed by atoms with Crippen LogP contribution in [-0.4, -0.2) is 35.4 Å². The Morgan fingerprint density at radius 1 is 1.47 bits per heavy atom. The predicted molar refractivity (Wildman–Crippen MR) is 59.6 cm³/mol. The normalized spacial score (nSPS) is 15.9. The van der Waals surface area contributed by atoms with Gasteiger partial charge in [0, 0.05) is 11.6 Å². The number of hydrogen-bond acceptors (Lipinski definition) is 4. The molecule has 0 amide bonds. The van der Waals surface area contributed by atoms with Crippen molar-refractivity contribution in [1.82, 2.24) is 5.32 Å². The average molecular weight is 217 g/mol. The molecule has 0 saturated carbocycles. The molecule has 0 aliphatic carbocycles. The summed E-state index contributed by atoms with van der Waals surface area (Å²) in [6.07, 6.45) is -0.147. The number of carbonyl (C=O) groups is 1. The summed E-state index contributed by atoms with van der Waals surface area (Å²) in [6, 6.07) is -0.00588. The zero-order chi connectivity index (χ0) is 12.1. The summed E-state index contributed by atoms with van der Waals surface area (Å²) in [5.74, 6) is -0.209. The number of aliphatic hydroxyl groups is 1. The third kappa shape index (κ3) is 5.74. The molecule has 4 nitrogen and oxygen atoms in total. The zero-order valence-corrected chi connectivity index (χ0v) is 10.3. The Hall–Kier alpha value is -0.610. The van der Waals surface area contributed by atoms with Crippen molar-refractivity contribution in [2.75, 3.05) is 6.61 Å². The zero-order valence-electron chi connectivity index (χ0n) is 10.3. The van der Waals surface area contributed by atoms with E-state index in [2.05, 4.69) is 5.32 Å². The van der Waals surface area contributed by atoms with Gasteiger partial charge in [-0.2, -0.15) is 0 Å². The Morgan fingerprint density at radius 3 is 2.40 bits per heavy atom. The summed E-state index contributed by atoms with van der Waals surface area (Å²) in [7, 11) is 0. The molecule has 0 rings (SSSR count). The molecule has 4 heteroatoms. The highest BCUT2D eigenvalue weighted by Crippen LogP contribution is 2.10. The average Bonchev–Trinajstić information content (AvgIpc) is 2.02. The third-order valence-corrected chi connectivity index (χ3v) is 2.44. The van der Waals surface area contributed by atoms with E-state index in [1.165, 1.54) is 0 Å². The first kappa shape index (κ1) is 14.4. The summed E-state index contributed by atoms with van der Waals surface area (Å²) < 4.78 is 4.85.